The Labute approximate surface area is 119 Å². The first kappa shape index (κ1) is 13.8. The maximum atomic E-state index is 12.9. The minimum atomic E-state index is -0.442. The predicted molar refractivity (Wildman–Crippen MR) is 72.9 cm³/mol. The van der Waals surface area contributed by atoms with Crippen LogP contribution in [0.4, 0.5) is 4.39 Å². The van der Waals surface area contributed by atoms with E-state index in [1.807, 2.05) is 0 Å². The monoisotopic (exact) mass is 298 g/mol. The molecule has 0 unspecified atom stereocenters. The molecule has 0 amide bonds. The Morgan fingerprint density at radius 3 is 2.42 bits per heavy atom. The highest BCUT2D eigenvalue weighted by Crippen LogP contribution is 2.31. The summed E-state index contributed by atoms with van der Waals surface area (Å²) in [7, 11) is 0. The van der Waals surface area contributed by atoms with Crippen LogP contribution in [-0.2, 0) is 0 Å². The van der Waals surface area contributed by atoms with Gasteiger partial charge in [0.15, 0.2) is 5.78 Å². The largest absolute Gasteiger partial charge is 0.456 e. The summed E-state index contributed by atoms with van der Waals surface area (Å²) in [6.45, 7) is 1.43. The van der Waals surface area contributed by atoms with Crippen LogP contribution in [0.3, 0.4) is 0 Å². The van der Waals surface area contributed by atoms with E-state index in [1.54, 1.807) is 12.1 Å². The molecule has 2 rings (SSSR count). The molecule has 0 aliphatic rings. The summed E-state index contributed by atoms with van der Waals surface area (Å²) in [6.07, 6.45) is 0. The van der Waals surface area contributed by atoms with Gasteiger partial charge in [-0.3, -0.25) is 4.79 Å². The highest BCUT2D eigenvalue weighted by atomic mass is 35.5. The first-order chi connectivity index (χ1) is 8.97. The van der Waals surface area contributed by atoms with Crippen molar-refractivity contribution in [3.8, 4) is 11.5 Å². The van der Waals surface area contributed by atoms with Crippen LogP contribution in [0.2, 0.25) is 10.0 Å². The van der Waals surface area contributed by atoms with Crippen molar-refractivity contribution >= 4 is 29.0 Å². The van der Waals surface area contributed by atoms with Gasteiger partial charge in [-0.15, -0.1) is 0 Å². The molecule has 0 aliphatic carbocycles. The van der Waals surface area contributed by atoms with Gasteiger partial charge in [-0.2, -0.15) is 0 Å². The molecule has 0 N–H and O–H groups in total. The normalized spacial score (nSPS) is 10.3. The van der Waals surface area contributed by atoms with Crippen molar-refractivity contribution in [3.63, 3.8) is 0 Å². The van der Waals surface area contributed by atoms with Crippen molar-refractivity contribution in [2.45, 2.75) is 6.92 Å². The standard InChI is InChI=1S/C14H9Cl2FO2/c1-8(18)11-4-3-10(7-12(11)15)19-14-5-2-9(17)6-13(14)16/h2-7H,1H3. The summed E-state index contributed by atoms with van der Waals surface area (Å²) in [5.74, 6) is 0.164. The molecule has 0 fully saturated rings. The number of hydrogen-bond donors (Lipinski definition) is 0. The number of Topliss-reactive ketones (excluding diaryl/α,β-unsaturated/α-hetero) is 1. The highest BCUT2D eigenvalue weighted by molar-refractivity contribution is 6.34. The third-order valence-corrected chi connectivity index (χ3v) is 3.05. The lowest BCUT2D eigenvalue weighted by Crippen LogP contribution is -1.94. The Kier molecular flexibility index (Phi) is 4.08. The van der Waals surface area contributed by atoms with Crippen molar-refractivity contribution < 1.29 is 13.9 Å². The number of hydrogen-bond acceptors (Lipinski definition) is 2. The summed E-state index contributed by atoms with van der Waals surface area (Å²) in [6, 6.07) is 8.50. The van der Waals surface area contributed by atoms with Crippen LogP contribution in [0.25, 0.3) is 0 Å². The summed E-state index contributed by atoms with van der Waals surface area (Å²) < 4.78 is 18.4. The maximum absolute atomic E-state index is 12.9. The molecule has 0 atom stereocenters. The Morgan fingerprint density at radius 1 is 1.11 bits per heavy atom. The summed E-state index contributed by atoms with van der Waals surface area (Å²) in [4.78, 5) is 11.2. The minimum absolute atomic E-state index is 0.128. The van der Waals surface area contributed by atoms with Crippen molar-refractivity contribution in [1.82, 2.24) is 0 Å². The second-order valence-corrected chi connectivity index (χ2v) is 4.69. The van der Waals surface area contributed by atoms with Crippen LogP contribution in [0.15, 0.2) is 36.4 Å². The van der Waals surface area contributed by atoms with Gasteiger partial charge in [0.05, 0.1) is 10.0 Å². The molecule has 5 heteroatoms. The summed E-state index contributed by atoms with van der Waals surface area (Å²) in [5.41, 5.74) is 0.416. The smallest absolute Gasteiger partial charge is 0.161 e. The number of benzene rings is 2. The van der Waals surface area contributed by atoms with Gasteiger partial charge in [0.25, 0.3) is 0 Å². The van der Waals surface area contributed by atoms with Gasteiger partial charge in [0.2, 0.25) is 0 Å². The van der Waals surface area contributed by atoms with Crippen LogP contribution in [0.1, 0.15) is 17.3 Å². The number of rotatable bonds is 3. The Morgan fingerprint density at radius 2 is 1.84 bits per heavy atom. The van der Waals surface area contributed by atoms with Gasteiger partial charge < -0.3 is 4.74 Å². The minimum Gasteiger partial charge on any atom is -0.456 e. The van der Waals surface area contributed by atoms with Gasteiger partial charge in [-0.25, -0.2) is 4.39 Å². The number of carbonyl (C=O) groups is 1. The molecule has 0 aliphatic heterocycles. The molecule has 0 spiro atoms. The van der Waals surface area contributed by atoms with Crippen molar-refractivity contribution in [2.24, 2.45) is 0 Å². The Balaban J connectivity index is 2.29. The Bertz CT molecular complexity index is 641. The molecule has 2 aromatic carbocycles. The van der Waals surface area contributed by atoms with E-state index in [0.29, 0.717) is 22.1 Å². The zero-order valence-electron chi connectivity index (χ0n) is 9.91. The fourth-order valence-corrected chi connectivity index (χ4v) is 2.04. The maximum Gasteiger partial charge on any atom is 0.161 e. The lowest BCUT2D eigenvalue weighted by atomic mass is 10.1. The van der Waals surface area contributed by atoms with Crippen molar-refractivity contribution in [2.75, 3.05) is 0 Å². The number of halogens is 3. The van der Waals surface area contributed by atoms with E-state index in [0.717, 1.165) is 6.07 Å². The van der Waals surface area contributed by atoms with Crippen LogP contribution >= 0.6 is 23.2 Å². The third-order valence-electron chi connectivity index (χ3n) is 2.44. The average Bonchev–Trinajstić information content (AvgIpc) is 2.32. The second kappa shape index (κ2) is 5.59. The van der Waals surface area contributed by atoms with Gasteiger partial charge in [0.1, 0.15) is 17.3 Å². The molecular formula is C14H9Cl2FO2. The second-order valence-electron chi connectivity index (χ2n) is 3.87. The van der Waals surface area contributed by atoms with E-state index >= 15 is 0 Å². The first-order valence-corrected chi connectivity index (χ1v) is 6.16. The van der Waals surface area contributed by atoms with Crippen molar-refractivity contribution in [3.05, 3.63) is 57.8 Å². The molecule has 0 saturated heterocycles. The SMILES string of the molecule is CC(=O)c1ccc(Oc2ccc(F)cc2Cl)cc1Cl. The predicted octanol–water partition coefficient (Wildman–Crippen LogP) is 5.13. The van der Waals surface area contributed by atoms with Gasteiger partial charge >= 0.3 is 0 Å². The van der Waals surface area contributed by atoms with Crippen LogP contribution in [-0.4, -0.2) is 5.78 Å². The number of ketones is 1. The van der Waals surface area contributed by atoms with Crippen LogP contribution < -0.4 is 4.74 Å². The van der Waals surface area contributed by atoms with Gasteiger partial charge in [-0.1, -0.05) is 23.2 Å². The first-order valence-electron chi connectivity index (χ1n) is 5.41. The average molecular weight is 299 g/mol. The summed E-state index contributed by atoms with van der Waals surface area (Å²) >= 11 is 11.8. The third kappa shape index (κ3) is 3.25. The summed E-state index contributed by atoms with van der Waals surface area (Å²) in [5, 5.41) is 0.454. The quantitative estimate of drug-likeness (QED) is 0.735. The zero-order chi connectivity index (χ0) is 14.0. The molecule has 0 radical (unpaired) electrons. The van der Waals surface area contributed by atoms with Crippen LogP contribution in [0.5, 0.6) is 11.5 Å². The van der Waals surface area contributed by atoms with E-state index in [4.69, 9.17) is 27.9 Å². The number of ether oxygens (including phenoxy) is 1. The molecule has 2 nitrogen and oxygen atoms in total. The molecule has 0 saturated carbocycles. The number of carbonyl (C=O) groups excluding carboxylic acids is 1. The van der Waals surface area contributed by atoms with E-state index in [1.165, 1.54) is 25.1 Å². The fourth-order valence-electron chi connectivity index (χ4n) is 1.53. The van der Waals surface area contributed by atoms with E-state index in [-0.39, 0.29) is 10.8 Å². The van der Waals surface area contributed by atoms with Crippen LogP contribution in [0, 0.1) is 5.82 Å². The van der Waals surface area contributed by atoms with Gasteiger partial charge in [-0.05, 0) is 37.3 Å². The van der Waals surface area contributed by atoms with E-state index < -0.39 is 5.82 Å². The molecule has 2 aromatic rings. The topological polar surface area (TPSA) is 26.3 Å². The fraction of sp³-hybridized carbons (Fsp3) is 0.0714. The zero-order valence-corrected chi connectivity index (χ0v) is 11.4. The molecule has 0 aromatic heterocycles. The van der Waals surface area contributed by atoms with Gasteiger partial charge in [0, 0.05) is 11.6 Å². The lowest BCUT2D eigenvalue weighted by Gasteiger charge is -2.09. The highest BCUT2D eigenvalue weighted by Gasteiger charge is 2.09. The Hall–Kier alpha value is -1.58. The molecule has 0 heterocycles. The lowest BCUT2D eigenvalue weighted by molar-refractivity contribution is 0.101. The molecule has 19 heavy (non-hydrogen) atoms. The van der Waals surface area contributed by atoms with E-state index in [9.17, 15) is 9.18 Å². The van der Waals surface area contributed by atoms with E-state index in [2.05, 4.69) is 0 Å². The van der Waals surface area contributed by atoms with Crippen molar-refractivity contribution in [1.29, 1.82) is 0 Å². The molecule has 98 valence electrons. The molecule has 0 bridgehead atoms. The molecular weight excluding hydrogens is 290 g/mol.